The van der Waals surface area contributed by atoms with Gasteiger partial charge in [-0.2, -0.15) is 0 Å². The molecule has 0 saturated heterocycles. The van der Waals surface area contributed by atoms with E-state index < -0.39 is 0 Å². The van der Waals surface area contributed by atoms with Crippen LogP contribution >= 0.6 is 0 Å². The van der Waals surface area contributed by atoms with E-state index in [4.69, 9.17) is 0 Å². The first kappa shape index (κ1) is 50.1. The molecule has 0 atom stereocenters. The second kappa shape index (κ2) is 23.2. The van der Waals surface area contributed by atoms with Gasteiger partial charge >= 0.3 is 0 Å². The Morgan fingerprint density at radius 1 is 0.173 bits per heavy atom. The zero-order chi connectivity index (χ0) is 51.7. The van der Waals surface area contributed by atoms with Crippen molar-refractivity contribution in [2.45, 2.75) is 80.1 Å². The Balaban J connectivity index is 1.06. The topological polar surface area (TPSA) is 9.72 Å². The van der Waals surface area contributed by atoms with Gasteiger partial charge in [0.1, 0.15) is 0 Å². The molecule has 0 aromatic heterocycles. The van der Waals surface area contributed by atoms with E-state index in [1.807, 2.05) is 0 Å². The molecule has 0 radical (unpaired) electrons. The average molecular weight is 976 g/mol. The second-order valence-electron chi connectivity index (χ2n) is 19.6. The van der Waals surface area contributed by atoms with Gasteiger partial charge in [0.25, 0.3) is 0 Å². The average Bonchev–Trinajstić information content (AvgIpc) is 3.49. The van der Waals surface area contributed by atoms with Crippen LogP contribution in [-0.4, -0.2) is 0 Å². The van der Waals surface area contributed by atoms with Crippen LogP contribution in [-0.2, 0) is 38.5 Å². The largest absolute Gasteiger partial charge is 0.311 e. The molecular weight excluding hydrogens is 907 g/mol. The van der Waals surface area contributed by atoms with Crippen LogP contribution in [0.5, 0.6) is 0 Å². The van der Waals surface area contributed by atoms with E-state index in [1.54, 1.807) is 0 Å². The standard InChI is InChI=1S/C72H69N3/c1-7-52-13-31-64(32-14-52)73(65-33-15-53(8-2)16-34-65)70-43-25-58(26-44-70)61-49-62(59-27-45-71(46-28-59)74(66-35-17-54(9-3)18-36-66)67-37-19-55(10-4)20-38-67)51-63(50-61)60-29-47-72(48-30-60)75(68-39-21-56(11-5)22-40-68)69-41-23-57(12-6)24-42-69/h13-51H,7-12H2,1-6H3. The van der Waals surface area contributed by atoms with Gasteiger partial charge in [-0.05, 0) is 233 Å². The van der Waals surface area contributed by atoms with E-state index in [-0.39, 0.29) is 0 Å². The van der Waals surface area contributed by atoms with Crippen molar-refractivity contribution < 1.29 is 0 Å². The molecule has 0 aliphatic carbocycles. The quantitative estimate of drug-likeness (QED) is 0.0848. The summed E-state index contributed by atoms with van der Waals surface area (Å²) in [4.78, 5) is 7.10. The maximum Gasteiger partial charge on any atom is 0.0462 e. The number of hydrogen-bond acceptors (Lipinski definition) is 3. The molecule has 10 rings (SSSR count). The van der Waals surface area contributed by atoms with Crippen molar-refractivity contribution in [3.05, 3.63) is 270 Å². The molecular formula is C72H69N3. The predicted octanol–water partition coefficient (Wildman–Crippen LogP) is 20.5. The van der Waals surface area contributed by atoms with Crippen molar-refractivity contribution >= 4 is 51.2 Å². The summed E-state index contributed by atoms with van der Waals surface area (Å²) in [5.41, 5.74) is 25.2. The number of benzene rings is 10. The molecule has 10 aromatic rings. The molecule has 0 amide bonds. The number of hydrogen-bond donors (Lipinski definition) is 0. The Kier molecular flexibility index (Phi) is 15.5. The lowest BCUT2D eigenvalue weighted by Crippen LogP contribution is -2.10. The molecule has 10 aromatic carbocycles. The molecule has 0 unspecified atom stereocenters. The van der Waals surface area contributed by atoms with Crippen LogP contribution in [0, 0.1) is 0 Å². The lowest BCUT2D eigenvalue weighted by Gasteiger charge is -2.26. The van der Waals surface area contributed by atoms with E-state index in [1.165, 1.54) is 33.4 Å². The van der Waals surface area contributed by atoms with Gasteiger partial charge in [0.15, 0.2) is 0 Å². The summed E-state index contributed by atoms with van der Waals surface area (Å²) in [6.07, 6.45) is 6.05. The van der Waals surface area contributed by atoms with Crippen molar-refractivity contribution in [2.24, 2.45) is 0 Å². The first-order valence-corrected chi connectivity index (χ1v) is 27.3. The number of aryl methyl sites for hydroxylation is 6. The predicted molar refractivity (Wildman–Crippen MR) is 323 cm³/mol. The molecule has 0 aliphatic heterocycles. The zero-order valence-electron chi connectivity index (χ0n) is 44.6. The van der Waals surface area contributed by atoms with Crippen molar-refractivity contribution in [3.8, 4) is 33.4 Å². The zero-order valence-corrected chi connectivity index (χ0v) is 44.6. The molecule has 0 spiro atoms. The van der Waals surface area contributed by atoms with Gasteiger partial charge in [-0.25, -0.2) is 0 Å². The maximum absolute atomic E-state index is 2.37. The van der Waals surface area contributed by atoms with Crippen LogP contribution in [0.15, 0.2) is 237 Å². The van der Waals surface area contributed by atoms with E-state index in [0.717, 1.165) is 123 Å². The summed E-state index contributed by atoms with van der Waals surface area (Å²) in [7, 11) is 0. The minimum absolute atomic E-state index is 1.01. The van der Waals surface area contributed by atoms with Gasteiger partial charge in [0, 0.05) is 51.2 Å². The Hall–Kier alpha value is -8.40. The monoisotopic (exact) mass is 976 g/mol. The third kappa shape index (κ3) is 11.2. The smallest absolute Gasteiger partial charge is 0.0462 e. The summed E-state index contributed by atoms with van der Waals surface area (Å²) in [6, 6.07) is 88.4. The molecule has 75 heavy (non-hydrogen) atoms. The van der Waals surface area contributed by atoms with Crippen LogP contribution in [0.4, 0.5) is 51.2 Å². The molecule has 0 saturated carbocycles. The molecule has 0 heterocycles. The number of rotatable bonds is 18. The summed E-state index contributed by atoms with van der Waals surface area (Å²) >= 11 is 0. The molecule has 372 valence electrons. The lowest BCUT2D eigenvalue weighted by atomic mass is 9.93. The summed E-state index contributed by atoms with van der Waals surface area (Å²) < 4.78 is 0. The van der Waals surface area contributed by atoms with Crippen molar-refractivity contribution in [1.82, 2.24) is 0 Å². The third-order valence-electron chi connectivity index (χ3n) is 14.9. The SMILES string of the molecule is CCc1ccc(N(c2ccc(CC)cc2)c2ccc(-c3cc(-c4ccc(N(c5ccc(CC)cc5)c5ccc(CC)cc5)cc4)cc(-c4ccc(N(c5ccc(CC)cc5)c5ccc(CC)cc5)cc4)c3)cc2)cc1. The second-order valence-corrected chi connectivity index (χ2v) is 19.6. The van der Waals surface area contributed by atoms with E-state index in [9.17, 15) is 0 Å². The maximum atomic E-state index is 2.37. The fourth-order valence-electron chi connectivity index (χ4n) is 10.2. The highest BCUT2D eigenvalue weighted by Crippen LogP contribution is 2.42. The molecule has 3 heteroatoms. The fraction of sp³-hybridized carbons (Fsp3) is 0.167. The van der Waals surface area contributed by atoms with Crippen LogP contribution in [0.3, 0.4) is 0 Å². The molecule has 0 aliphatic rings. The summed E-state index contributed by atoms with van der Waals surface area (Å²) in [6.45, 7) is 13.3. The Morgan fingerprint density at radius 3 is 0.440 bits per heavy atom. The molecule has 3 nitrogen and oxygen atoms in total. The van der Waals surface area contributed by atoms with E-state index in [2.05, 4.69) is 293 Å². The van der Waals surface area contributed by atoms with Crippen molar-refractivity contribution in [2.75, 3.05) is 14.7 Å². The van der Waals surface area contributed by atoms with E-state index >= 15 is 0 Å². The van der Waals surface area contributed by atoms with Crippen LogP contribution in [0.25, 0.3) is 33.4 Å². The summed E-state index contributed by atoms with van der Waals surface area (Å²) in [5, 5.41) is 0. The minimum Gasteiger partial charge on any atom is -0.311 e. The minimum atomic E-state index is 1.01. The van der Waals surface area contributed by atoms with Gasteiger partial charge in [0.2, 0.25) is 0 Å². The van der Waals surface area contributed by atoms with Crippen molar-refractivity contribution in [3.63, 3.8) is 0 Å². The highest BCUT2D eigenvalue weighted by atomic mass is 15.2. The van der Waals surface area contributed by atoms with Crippen LogP contribution < -0.4 is 14.7 Å². The first-order chi connectivity index (χ1) is 36.8. The van der Waals surface area contributed by atoms with Gasteiger partial charge in [-0.3, -0.25) is 0 Å². The Bertz CT molecular complexity index is 2880. The van der Waals surface area contributed by atoms with Crippen molar-refractivity contribution in [1.29, 1.82) is 0 Å². The number of nitrogens with zero attached hydrogens (tertiary/aromatic N) is 3. The molecule has 0 fully saturated rings. The highest BCUT2D eigenvalue weighted by molar-refractivity contribution is 5.86. The number of anilines is 9. The Labute approximate surface area is 447 Å². The van der Waals surface area contributed by atoms with Gasteiger partial charge in [0.05, 0.1) is 0 Å². The molecule has 0 N–H and O–H groups in total. The van der Waals surface area contributed by atoms with E-state index in [0.29, 0.717) is 0 Å². The highest BCUT2D eigenvalue weighted by Gasteiger charge is 2.18. The van der Waals surface area contributed by atoms with Gasteiger partial charge < -0.3 is 14.7 Å². The first-order valence-electron chi connectivity index (χ1n) is 27.3. The molecule has 0 bridgehead atoms. The normalized spacial score (nSPS) is 11.1. The van der Waals surface area contributed by atoms with Crippen LogP contribution in [0.1, 0.15) is 74.9 Å². The Morgan fingerprint density at radius 2 is 0.307 bits per heavy atom. The summed E-state index contributed by atoms with van der Waals surface area (Å²) in [5.74, 6) is 0. The lowest BCUT2D eigenvalue weighted by molar-refractivity contribution is 1.13. The third-order valence-corrected chi connectivity index (χ3v) is 14.9. The van der Waals surface area contributed by atoms with Gasteiger partial charge in [-0.1, -0.05) is 151 Å². The fourth-order valence-corrected chi connectivity index (χ4v) is 10.2. The van der Waals surface area contributed by atoms with Gasteiger partial charge in [-0.15, -0.1) is 0 Å². The van der Waals surface area contributed by atoms with Crippen LogP contribution in [0.2, 0.25) is 0 Å².